The molecule has 0 bridgehead atoms. The minimum absolute atomic E-state index is 0.0710. The fourth-order valence-corrected chi connectivity index (χ4v) is 7.93. The average Bonchev–Trinajstić information content (AvgIpc) is 3.01. The second-order valence-electron chi connectivity index (χ2n) is 8.26. The molecule has 158 valence electrons. The number of hydrogen-bond donors (Lipinski definition) is 0. The van der Waals surface area contributed by atoms with Crippen LogP contribution in [0.25, 0.3) is 0 Å². The van der Waals surface area contributed by atoms with Crippen molar-refractivity contribution < 1.29 is 21.6 Å². The SMILES string of the molecule is Cc1ccc(S(=O)(=O)N2C[C@H](S(=O)(=O)c3ccccc3)C3=CC(=O)C[C@]3(C)C2)cc1. The second kappa shape index (κ2) is 7.14. The number of aryl methyl sites for hydroxylation is 1. The maximum Gasteiger partial charge on any atom is 0.243 e. The summed E-state index contributed by atoms with van der Waals surface area (Å²) in [5, 5.41) is -1.11. The Bertz CT molecular complexity index is 1230. The van der Waals surface area contributed by atoms with E-state index >= 15 is 0 Å². The summed E-state index contributed by atoms with van der Waals surface area (Å²) >= 11 is 0. The van der Waals surface area contributed by atoms with Crippen molar-refractivity contribution in [3.63, 3.8) is 0 Å². The Morgan fingerprint density at radius 2 is 1.57 bits per heavy atom. The van der Waals surface area contributed by atoms with Crippen molar-refractivity contribution >= 4 is 25.6 Å². The highest BCUT2D eigenvalue weighted by atomic mass is 32.2. The third-order valence-electron chi connectivity index (χ3n) is 5.92. The lowest BCUT2D eigenvalue weighted by Gasteiger charge is -2.43. The summed E-state index contributed by atoms with van der Waals surface area (Å²) < 4.78 is 54.8. The number of carbonyl (C=O) groups excluding carboxylic acids is 1. The van der Waals surface area contributed by atoms with E-state index in [0.717, 1.165) is 5.56 Å². The van der Waals surface area contributed by atoms with Crippen molar-refractivity contribution in [2.45, 2.75) is 35.3 Å². The number of benzene rings is 2. The Kier molecular flexibility index (Phi) is 4.99. The number of carbonyl (C=O) groups is 1. The molecule has 1 heterocycles. The van der Waals surface area contributed by atoms with Gasteiger partial charge in [0, 0.05) is 24.9 Å². The number of nitrogens with zero attached hydrogens (tertiary/aromatic N) is 1. The Balaban J connectivity index is 1.81. The lowest BCUT2D eigenvalue weighted by atomic mass is 9.79. The first-order chi connectivity index (χ1) is 14.0. The van der Waals surface area contributed by atoms with Gasteiger partial charge in [0.2, 0.25) is 10.0 Å². The van der Waals surface area contributed by atoms with E-state index < -0.39 is 30.5 Å². The zero-order chi connectivity index (χ0) is 21.7. The summed E-state index contributed by atoms with van der Waals surface area (Å²) in [6.45, 7) is 3.49. The Morgan fingerprint density at radius 3 is 2.20 bits per heavy atom. The summed E-state index contributed by atoms with van der Waals surface area (Å²) in [4.78, 5) is 12.5. The minimum atomic E-state index is -3.92. The third-order valence-corrected chi connectivity index (χ3v) is 9.83. The number of piperidine rings is 1. The van der Waals surface area contributed by atoms with Crippen molar-refractivity contribution in [3.8, 4) is 0 Å². The molecule has 0 N–H and O–H groups in total. The van der Waals surface area contributed by atoms with Crippen LogP contribution in [0.3, 0.4) is 0 Å². The number of rotatable bonds is 4. The van der Waals surface area contributed by atoms with Gasteiger partial charge in [-0.15, -0.1) is 0 Å². The van der Waals surface area contributed by atoms with Crippen LogP contribution in [-0.4, -0.2) is 45.3 Å². The molecule has 2 aliphatic rings. The van der Waals surface area contributed by atoms with E-state index in [-0.39, 0.29) is 35.1 Å². The van der Waals surface area contributed by atoms with Gasteiger partial charge >= 0.3 is 0 Å². The molecule has 6 nitrogen and oxygen atoms in total. The van der Waals surface area contributed by atoms with E-state index in [1.54, 1.807) is 37.3 Å². The molecule has 8 heteroatoms. The number of fused-ring (bicyclic) bond motifs is 1. The summed E-state index contributed by atoms with van der Waals surface area (Å²) in [5.74, 6) is -0.171. The van der Waals surface area contributed by atoms with Crippen LogP contribution in [0.2, 0.25) is 0 Å². The van der Waals surface area contributed by atoms with E-state index in [9.17, 15) is 21.6 Å². The monoisotopic (exact) mass is 445 g/mol. The van der Waals surface area contributed by atoms with Crippen molar-refractivity contribution in [1.29, 1.82) is 0 Å². The molecule has 1 aliphatic heterocycles. The molecular formula is C22H23NO5S2. The van der Waals surface area contributed by atoms with Crippen molar-refractivity contribution in [3.05, 3.63) is 71.8 Å². The molecule has 1 aliphatic carbocycles. The maximum absolute atomic E-state index is 13.5. The number of sulfone groups is 1. The Morgan fingerprint density at radius 1 is 0.933 bits per heavy atom. The van der Waals surface area contributed by atoms with Gasteiger partial charge in [0.25, 0.3) is 0 Å². The molecule has 0 saturated carbocycles. The zero-order valence-electron chi connectivity index (χ0n) is 16.8. The van der Waals surface area contributed by atoms with E-state index in [0.29, 0.717) is 5.57 Å². The molecule has 0 aromatic heterocycles. The molecule has 2 atom stereocenters. The van der Waals surface area contributed by atoms with Crippen molar-refractivity contribution in [1.82, 2.24) is 4.31 Å². The molecule has 2 aromatic carbocycles. The largest absolute Gasteiger partial charge is 0.295 e. The standard InChI is InChI=1S/C22H23NO5S2/c1-16-8-10-19(11-9-16)30(27,28)23-14-21(20-12-17(24)13-22(20,2)15-23)29(25,26)18-6-4-3-5-7-18/h3-12,21H,13-15H2,1-2H3/t21-,22+/m0/s1. The second-order valence-corrected chi connectivity index (χ2v) is 12.3. The summed E-state index contributed by atoms with van der Waals surface area (Å²) in [7, 11) is -7.80. The molecule has 0 spiro atoms. The minimum Gasteiger partial charge on any atom is -0.295 e. The average molecular weight is 446 g/mol. The van der Waals surface area contributed by atoms with Crippen molar-refractivity contribution in [2.24, 2.45) is 5.41 Å². The van der Waals surface area contributed by atoms with Crippen LogP contribution >= 0.6 is 0 Å². The lowest BCUT2D eigenvalue weighted by molar-refractivity contribution is -0.115. The molecule has 1 saturated heterocycles. The summed E-state index contributed by atoms with van der Waals surface area (Å²) in [6.07, 6.45) is 1.50. The van der Waals surface area contributed by atoms with Gasteiger partial charge in [0.15, 0.2) is 15.6 Å². The molecule has 4 rings (SSSR count). The van der Waals surface area contributed by atoms with E-state index in [1.807, 2.05) is 6.92 Å². The molecule has 0 unspecified atom stereocenters. The summed E-state index contributed by atoms with van der Waals surface area (Å²) in [5.41, 5.74) is 0.585. The predicted molar refractivity (Wildman–Crippen MR) is 113 cm³/mol. The summed E-state index contributed by atoms with van der Waals surface area (Å²) in [6, 6.07) is 14.4. The first kappa shape index (κ1) is 21.0. The first-order valence-electron chi connectivity index (χ1n) is 9.65. The molecule has 2 aromatic rings. The van der Waals surface area contributed by atoms with Crippen LogP contribution in [0.4, 0.5) is 0 Å². The van der Waals surface area contributed by atoms with Crippen LogP contribution in [0.15, 0.2) is 76.0 Å². The highest BCUT2D eigenvalue weighted by Crippen LogP contribution is 2.47. The topological polar surface area (TPSA) is 88.6 Å². The van der Waals surface area contributed by atoms with Gasteiger partial charge in [0.05, 0.1) is 9.79 Å². The van der Waals surface area contributed by atoms with Crippen molar-refractivity contribution in [2.75, 3.05) is 13.1 Å². The molecule has 30 heavy (non-hydrogen) atoms. The van der Waals surface area contributed by atoms with Crippen LogP contribution < -0.4 is 0 Å². The maximum atomic E-state index is 13.5. The number of allylic oxidation sites excluding steroid dienone is 1. The smallest absolute Gasteiger partial charge is 0.243 e. The molecule has 0 amide bonds. The van der Waals surface area contributed by atoms with Gasteiger partial charge in [-0.2, -0.15) is 4.31 Å². The number of hydrogen-bond acceptors (Lipinski definition) is 5. The molecule has 1 fully saturated rings. The zero-order valence-corrected chi connectivity index (χ0v) is 18.4. The predicted octanol–water partition coefficient (Wildman–Crippen LogP) is 2.75. The molecule has 0 radical (unpaired) electrons. The van der Waals surface area contributed by atoms with E-state index in [1.165, 1.54) is 34.6 Å². The Labute approximate surface area is 177 Å². The fraction of sp³-hybridized carbons (Fsp3) is 0.318. The van der Waals surface area contributed by atoms with Gasteiger partial charge in [0.1, 0.15) is 5.25 Å². The van der Waals surface area contributed by atoms with Gasteiger partial charge in [-0.3, -0.25) is 4.79 Å². The fourth-order valence-electron chi connectivity index (χ4n) is 4.33. The number of sulfonamides is 1. The van der Waals surface area contributed by atoms with Crippen LogP contribution in [0.1, 0.15) is 18.9 Å². The van der Waals surface area contributed by atoms with Crippen LogP contribution in [-0.2, 0) is 24.7 Å². The van der Waals surface area contributed by atoms with Crippen LogP contribution in [0.5, 0.6) is 0 Å². The highest BCUT2D eigenvalue weighted by molar-refractivity contribution is 7.92. The van der Waals surface area contributed by atoms with E-state index in [2.05, 4.69) is 0 Å². The highest BCUT2D eigenvalue weighted by Gasteiger charge is 2.52. The normalized spacial score (nSPS) is 25.1. The Hall–Kier alpha value is -2.29. The first-order valence-corrected chi connectivity index (χ1v) is 12.6. The number of ketones is 1. The third kappa shape index (κ3) is 3.42. The van der Waals surface area contributed by atoms with E-state index in [4.69, 9.17) is 0 Å². The van der Waals surface area contributed by atoms with Crippen LogP contribution in [0, 0.1) is 12.3 Å². The van der Waals surface area contributed by atoms with Gasteiger partial charge < -0.3 is 0 Å². The van der Waals surface area contributed by atoms with Gasteiger partial charge in [-0.05, 0) is 42.8 Å². The molecular weight excluding hydrogens is 422 g/mol. The quantitative estimate of drug-likeness (QED) is 0.722. The van der Waals surface area contributed by atoms with Gasteiger partial charge in [-0.1, -0.05) is 42.8 Å². The van der Waals surface area contributed by atoms with Gasteiger partial charge in [-0.25, -0.2) is 16.8 Å². The lowest BCUT2D eigenvalue weighted by Crippen LogP contribution is -2.53.